The molecule has 0 unspecified atom stereocenters. The van der Waals surface area contributed by atoms with Crippen LogP contribution in [0.15, 0.2) is 28.2 Å². The zero-order valence-corrected chi connectivity index (χ0v) is 15.4. The highest BCUT2D eigenvalue weighted by Gasteiger charge is 2.19. The van der Waals surface area contributed by atoms with E-state index in [2.05, 4.69) is 16.9 Å². The lowest BCUT2D eigenvalue weighted by molar-refractivity contribution is 0.287. The van der Waals surface area contributed by atoms with Crippen molar-refractivity contribution in [1.82, 2.24) is 9.97 Å². The molecule has 0 aliphatic heterocycles. The predicted octanol–water partition coefficient (Wildman–Crippen LogP) is 3.61. The minimum atomic E-state index is -0.461. The van der Waals surface area contributed by atoms with Crippen LogP contribution in [0.1, 0.15) is 31.7 Å². The van der Waals surface area contributed by atoms with Gasteiger partial charge in [0.2, 0.25) is 0 Å². The SMILES string of the molecule is CCCCCOc1c(OC)cccc1-c1nc(SC)[nH]c(=O)c1C#N. The number of thioether (sulfide) groups is 1. The van der Waals surface area contributed by atoms with E-state index in [4.69, 9.17) is 9.47 Å². The number of nitriles is 1. The van der Waals surface area contributed by atoms with Gasteiger partial charge in [0.15, 0.2) is 16.7 Å². The van der Waals surface area contributed by atoms with Crippen molar-refractivity contribution in [2.24, 2.45) is 0 Å². The summed E-state index contributed by atoms with van der Waals surface area (Å²) in [6.45, 7) is 2.65. The first-order chi connectivity index (χ1) is 12.2. The molecule has 2 aromatic rings. The molecule has 0 amide bonds. The monoisotopic (exact) mass is 359 g/mol. The average molecular weight is 359 g/mol. The second-order valence-electron chi connectivity index (χ2n) is 5.30. The van der Waals surface area contributed by atoms with Gasteiger partial charge in [0.05, 0.1) is 13.7 Å². The topological polar surface area (TPSA) is 88.0 Å². The summed E-state index contributed by atoms with van der Waals surface area (Å²) in [5, 5.41) is 9.84. The van der Waals surface area contributed by atoms with Crippen LogP contribution in [0.3, 0.4) is 0 Å². The third kappa shape index (κ3) is 4.34. The number of unbranched alkanes of at least 4 members (excludes halogenated alkanes) is 2. The molecule has 132 valence electrons. The summed E-state index contributed by atoms with van der Waals surface area (Å²) in [4.78, 5) is 19.2. The van der Waals surface area contributed by atoms with E-state index in [1.54, 1.807) is 25.3 Å². The van der Waals surface area contributed by atoms with Gasteiger partial charge in [-0.2, -0.15) is 5.26 Å². The highest BCUT2D eigenvalue weighted by molar-refractivity contribution is 7.98. The summed E-state index contributed by atoms with van der Waals surface area (Å²) in [7, 11) is 1.56. The zero-order chi connectivity index (χ0) is 18.2. The maximum absolute atomic E-state index is 12.2. The summed E-state index contributed by atoms with van der Waals surface area (Å²) in [6.07, 6.45) is 4.88. The van der Waals surface area contributed by atoms with Gasteiger partial charge in [-0.05, 0) is 24.8 Å². The fraction of sp³-hybridized carbons (Fsp3) is 0.389. The average Bonchev–Trinajstić information content (AvgIpc) is 2.64. The van der Waals surface area contributed by atoms with Crippen LogP contribution in [0.2, 0.25) is 0 Å². The molecule has 25 heavy (non-hydrogen) atoms. The molecule has 1 aromatic carbocycles. The number of nitrogens with zero attached hydrogens (tertiary/aromatic N) is 2. The molecule has 0 saturated carbocycles. The number of nitrogens with one attached hydrogen (secondary N) is 1. The molecule has 0 radical (unpaired) electrons. The van der Waals surface area contributed by atoms with Gasteiger partial charge in [0, 0.05) is 5.56 Å². The summed E-state index contributed by atoms with van der Waals surface area (Å²) >= 11 is 1.30. The van der Waals surface area contributed by atoms with Gasteiger partial charge >= 0.3 is 0 Å². The Hall–Kier alpha value is -2.46. The molecule has 7 heteroatoms. The third-order valence-corrected chi connectivity index (χ3v) is 4.23. The number of para-hydroxylation sites is 1. The van der Waals surface area contributed by atoms with Gasteiger partial charge in [-0.1, -0.05) is 37.6 Å². The van der Waals surface area contributed by atoms with Crippen molar-refractivity contribution in [3.63, 3.8) is 0 Å². The van der Waals surface area contributed by atoms with E-state index >= 15 is 0 Å². The Morgan fingerprint density at radius 3 is 2.80 bits per heavy atom. The molecule has 0 bridgehead atoms. The van der Waals surface area contributed by atoms with Gasteiger partial charge in [0.1, 0.15) is 17.3 Å². The number of ether oxygens (including phenoxy) is 2. The van der Waals surface area contributed by atoms with Crippen molar-refractivity contribution in [3.8, 4) is 28.8 Å². The molecule has 1 aromatic heterocycles. The molecule has 0 aliphatic carbocycles. The summed E-state index contributed by atoms with van der Waals surface area (Å²) < 4.78 is 11.3. The molecule has 0 atom stereocenters. The highest BCUT2D eigenvalue weighted by atomic mass is 32.2. The molecular formula is C18H21N3O3S. The molecular weight excluding hydrogens is 338 g/mol. The molecule has 2 rings (SSSR count). The Bertz CT molecular complexity index is 827. The van der Waals surface area contributed by atoms with Gasteiger partial charge in [-0.3, -0.25) is 4.79 Å². The number of H-pyrrole nitrogens is 1. The predicted molar refractivity (Wildman–Crippen MR) is 98.4 cm³/mol. The van der Waals surface area contributed by atoms with Crippen LogP contribution in [0.25, 0.3) is 11.3 Å². The zero-order valence-electron chi connectivity index (χ0n) is 14.6. The van der Waals surface area contributed by atoms with E-state index in [9.17, 15) is 10.1 Å². The van der Waals surface area contributed by atoms with Crippen molar-refractivity contribution in [2.75, 3.05) is 20.0 Å². The molecule has 0 saturated heterocycles. The van der Waals surface area contributed by atoms with E-state index in [1.165, 1.54) is 11.8 Å². The molecule has 1 N–H and O–H groups in total. The largest absolute Gasteiger partial charge is 0.493 e. The molecule has 0 fully saturated rings. The Kier molecular flexibility index (Phi) is 6.90. The molecule has 0 spiro atoms. The maximum atomic E-state index is 12.2. The lowest BCUT2D eigenvalue weighted by atomic mass is 10.1. The third-order valence-electron chi connectivity index (χ3n) is 3.65. The second-order valence-corrected chi connectivity index (χ2v) is 6.10. The Balaban J connectivity index is 2.57. The van der Waals surface area contributed by atoms with E-state index in [-0.39, 0.29) is 5.56 Å². The highest BCUT2D eigenvalue weighted by Crippen LogP contribution is 2.38. The summed E-state index contributed by atoms with van der Waals surface area (Å²) in [5.74, 6) is 1.05. The van der Waals surface area contributed by atoms with E-state index in [1.807, 2.05) is 12.3 Å². The number of rotatable bonds is 8. The number of hydrogen-bond acceptors (Lipinski definition) is 6. The summed E-state index contributed by atoms with van der Waals surface area (Å²) in [6, 6.07) is 7.30. The van der Waals surface area contributed by atoms with Crippen molar-refractivity contribution >= 4 is 11.8 Å². The minimum absolute atomic E-state index is 0.0375. The van der Waals surface area contributed by atoms with Crippen LogP contribution in [-0.2, 0) is 0 Å². The van der Waals surface area contributed by atoms with Crippen LogP contribution in [0.4, 0.5) is 0 Å². The fourth-order valence-electron chi connectivity index (χ4n) is 2.39. The Labute approximate surface area is 151 Å². The number of hydrogen-bond donors (Lipinski definition) is 1. The Morgan fingerprint density at radius 2 is 2.16 bits per heavy atom. The van der Waals surface area contributed by atoms with Crippen LogP contribution in [-0.4, -0.2) is 29.9 Å². The van der Waals surface area contributed by atoms with Crippen molar-refractivity contribution in [2.45, 2.75) is 31.3 Å². The standard InChI is InChI=1S/C18H21N3O3S/c1-4-5-6-10-24-16-12(8-7-9-14(16)23-2)15-13(11-19)17(22)21-18(20-15)25-3/h7-9H,4-6,10H2,1-3H3,(H,20,21,22). The quantitative estimate of drug-likeness (QED) is 0.440. The van der Waals surface area contributed by atoms with Gasteiger partial charge in [0.25, 0.3) is 5.56 Å². The van der Waals surface area contributed by atoms with Crippen LogP contribution < -0.4 is 15.0 Å². The number of aromatic amines is 1. The number of aromatic nitrogens is 2. The first-order valence-electron chi connectivity index (χ1n) is 8.04. The number of methoxy groups -OCH3 is 1. The van der Waals surface area contributed by atoms with Gasteiger partial charge in [-0.15, -0.1) is 0 Å². The Morgan fingerprint density at radius 1 is 1.36 bits per heavy atom. The van der Waals surface area contributed by atoms with E-state index in [0.717, 1.165) is 19.3 Å². The van der Waals surface area contributed by atoms with Crippen LogP contribution in [0, 0.1) is 11.3 Å². The lowest BCUT2D eigenvalue weighted by Gasteiger charge is -2.15. The smallest absolute Gasteiger partial charge is 0.270 e. The van der Waals surface area contributed by atoms with E-state index < -0.39 is 5.56 Å². The van der Waals surface area contributed by atoms with Crippen molar-refractivity contribution in [1.29, 1.82) is 5.26 Å². The minimum Gasteiger partial charge on any atom is -0.493 e. The van der Waals surface area contributed by atoms with Crippen LogP contribution in [0.5, 0.6) is 11.5 Å². The van der Waals surface area contributed by atoms with Gasteiger partial charge in [-0.25, -0.2) is 4.98 Å². The normalized spacial score (nSPS) is 10.3. The lowest BCUT2D eigenvalue weighted by Crippen LogP contribution is -2.15. The molecule has 6 nitrogen and oxygen atoms in total. The molecule has 1 heterocycles. The van der Waals surface area contributed by atoms with Crippen molar-refractivity contribution < 1.29 is 9.47 Å². The van der Waals surface area contributed by atoms with E-state index in [0.29, 0.717) is 34.5 Å². The molecule has 0 aliphatic rings. The second kappa shape index (κ2) is 9.14. The van der Waals surface area contributed by atoms with Crippen LogP contribution >= 0.6 is 11.8 Å². The van der Waals surface area contributed by atoms with Crippen molar-refractivity contribution in [3.05, 3.63) is 34.1 Å². The number of benzene rings is 1. The summed E-state index contributed by atoms with van der Waals surface area (Å²) in [5.41, 5.74) is 0.384. The fourth-order valence-corrected chi connectivity index (χ4v) is 2.76. The first kappa shape index (κ1) is 18.9. The van der Waals surface area contributed by atoms with Gasteiger partial charge < -0.3 is 14.5 Å². The first-order valence-corrected chi connectivity index (χ1v) is 9.27. The maximum Gasteiger partial charge on any atom is 0.270 e.